The third kappa shape index (κ3) is 5.92. The second kappa shape index (κ2) is 7.35. The van der Waals surface area contributed by atoms with Gasteiger partial charge in [0.25, 0.3) is 0 Å². The molecule has 0 radical (unpaired) electrons. The van der Waals surface area contributed by atoms with Gasteiger partial charge in [-0.2, -0.15) is 0 Å². The fourth-order valence-electron chi connectivity index (χ4n) is 3.02. The van der Waals surface area contributed by atoms with Crippen LogP contribution in [0.2, 0.25) is 0 Å². The van der Waals surface area contributed by atoms with Crippen LogP contribution in [-0.4, -0.2) is 0 Å². The largest absolute Gasteiger partial charge is 0.0654 e. The van der Waals surface area contributed by atoms with Crippen LogP contribution in [0.1, 0.15) is 80.6 Å². The van der Waals surface area contributed by atoms with Crippen LogP contribution in [0, 0.1) is 23.2 Å². The van der Waals surface area contributed by atoms with E-state index in [1.54, 1.807) is 0 Å². The molecule has 0 amide bonds. The normalized spacial score (nSPS) is 14.8. The van der Waals surface area contributed by atoms with E-state index in [4.69, 9.17) is 0 Å². The number of hydrogen-bond acceptors (Lipinski definition) is 0. The molecule has 0 aliphatic rings. The van der Waals surface area contributed by atoms with E-state index in [2.05, 4.69) is 48.5 Å². The zero-order chi connectivity index (χ0) is 12.8. The molecule has 0 rings (SSSR count). The van der Waals surface area contributed by atoms with Crippen LogP contribution in [0.25, 0.3) is 0 Å². The first-order valence-corrected chi connectivity index (χ1v) is 7.31. The number of unbranched alkanes of at least 4 members (excludes halogenated alkanes) is 2. The molecule has 98 valence electrons. The molecule has 0 aromatic carbocycles. The predicted octanol–water partition coefficient (Wildman–Crippen LogP) is 5.91. The fourth-order valence-corrected chi connectivity index (χ4v) is 3.02. The molecule has 0 nitrogen and oxygen atoms in total. The summed E-state index contributed by atoms with van der Waals surface area (Å²) in [6.45, 7) is 16.8. The van der Waals surface area contributed by atoms with Crippen molar-refractivity contribution in [1.82, 2.24) is 0 Å². The third-order valence-electron chi connectivity index (χ3n) is 3.96. The van der Waals surface area contributed by atoms with Gasteiger partial charge in [0.15, 0.2) is 0 Å². The standard InChI is InChI=1S/C16H34/c1-8-9-10-11-16(6,7)15(14(4)5)12-13(2)3/h13-15H,8-12H2,1-7H3. The van der Waals surface area contributed by atoms with Crippen LogP contribution in [0.3, 0.4) is 0 Å². The minimum absolute atomic E-state index is 0.521. The molecule has 1 atom stereocenters. The lowest BCUT2D eigenvalue weighted by molar-refractivity contribution is 0.115. The molecule has 0 bridgehead atoms. The first-order valence-electron chi connectivity index (χ1n) is 7.31. The van der Waals surface area contributed by atoms with E-state index in [1.807, 2.05) is 0 Å². The molecule has 0 saturated heterocycles. The molecule has 0 aliphatic heterocycles. The van der Waals surface area contributed by atoms with Gasteiger partial charge in [0.1, 0.15) is 0 Å². The van der Waals surface area contributed by atoms with Crippen LogP contribution in [0.4, 0.5) is 0 Å². The summed E-state index contributed by atoms with van der Waals surface area (Å²) >= 11 is 0. The molecular formula is C16H34. The van der Waals surface area contributed by atoms with Gasteiger partial charge < -0.3 is 0 Å². The van der Waals surface area contributed by atoms with E-state index in [1.165, 1.54) is 32.1 Å². The average Bonchev–Trinajstić information content (AvgIpc) is 2.13. The van der Waals surface area contributed by atoms with Crippen molar-refractivity contribution in [1.29, 1.82) is 0 Å². The summed E-state index contributed by atoms with van der Waals surface area (Å²) in [5.74, 6) is 2.53. The van der Waals surface area contributed by atoms with Crippen molar-refractivity contribution in [2.45, 2.75) is 80.6 Å². The highest BCUT2D eigenvalue weighted by Gasteiger charge is 2.31. The van der Waals surface area contributed by atoms with Crippen molar-refractivity contribution in [2.24, 2.45) is 23.2 Å². The molecule has 0 heterocycles. The van der Waals surface area contributed by atoms with Gasteiger partial charge in [0, 0.05) is 0 Å². The Morgan fingerprint density at radius 1 is 0.938 bits per heavy atom. The topological polar surface area (TPSA) is 0 Å². The molecule has 0 spiro atoms. The van der Waals surface area contributed by atoms with Crippen molar-refractivity contribution in [2.75, 3.05) is 0 Å². The summed E-state index contributed by atoms with van der Waals surface area (Å²) in [5, 5.41) is 0. The zero-order valence-corrected chi connectivity index (χ0v) is 12.8. The SMILES string of the molecule is CCCCCC(C)(C)C(CC(C)C)C(C)C. The van der Waals surface area contributed by atoms with Gasteiger partial charge >= 0.3 is 0 Å². The Morgan fingerprint density at radius 2 is 1.50 bits per heavy atom. The van der Waals surface area contributed by atoms with Gasteiger partial charge in [-0.1, -0.05) is 67.7 Å². The third-order valence-corrected chi connectivity index (χ3v) is 3.96. The maximum atomic E-state index is 2.48. The van der Waals surface area contributed by atoms with Gasteiger partial charge in [0.2, 0.25) is 0 Å². The molecule has 0 aromatic heterocycles. The monoisotopic (exact) mass is 226 g/mol. The van der Waals surface area contributed by atoms with Gasteiger partial charge in [-0.3, -0.25) is 0 Å². The van der Waals surface area contributed by atoms with Crippen molar-refractivity contribution in [3.63, 3.8) is 0 Å². The van der Waals surface area contributed by atoms with E-state index in [-0.39, 0.29) is 0 Å². The van der Waals surface area contributed by atoms with Crippen molar-refractivity contribution >= 4 is 0 Å². The molecule has 0 aromatic rings. The molecule has 0 heteroatoms. The molecule has 0 aliphatic carbocycles. The maximum Gasteiger partial charge on any atom is -0.0323 e. The minimum atomic E-state index is 0.521. The van der Waals surface area contributed by atoms with E-state index in [0.717, 1.165) is 17.8 Å². The molecule has 0 N–H and O–H groups in total. The summed E-state index contributed by atoms with van der Waals surface area (Å²) in [4.78, 5) is 0. The van der Waals surface area contributed by atoms with Crippen LogP contribution in [-0.2, 0) is 0 Å². The van der Waals surface area contributed by atoms with Crippen molar-refractivity contribution < 1.29 is 0 Å². The number of hydrogen-bond donors (Lipinski definition) is 0. The Morgan fingerprint density at radius 3 is 1.88 bits per heavy atom. The van der Waals surface area contributed by atoms with Gasteiger partial charge in [0.05, 0.1) is 0 Å². The van der Waals surface area contributed by atoms with E-state index < -0.39 is 0 Å². The first-order chi connectivity index (χ1) is 7.31. The fraction of sp³-hybridized carbons (Fsp3) is 1.00. The number of rotatable bonds is 8. The minimum Gasteiger partial charge on any atom is -0.0654 e. The lowest BCUT2D eigenvalue weighted by atomic mass is 9.67. The maximum absolute atomic E-state index is 2.48. The summed E-state index contributed by atoms with van der Waals surface area (Å²) in [5.41, 5.74) is 0.521. The Balaban J connectivity index is 4.37. The molecule has 0 fully saturated rings. The first kappa shape index (κ1) is 16.0. The van der Waals surface area contributed by atoms with E-state index in [0.29, 0.717) is 5.41 Å². The van der Waals surface area contributed by atoms with Crippen LogP contribution < -0.4 is 0 Å². The highest BCUT2D eigenvalue weighted by molar-refractivity contribution is 4.81. The summed E-state index contributed by atoms with van der Waals surface area (Å²) in [6.07, 6.45) is 6.93. The smallest absolute Gasteiger partial charge is 0.0323 e. The van der Waals surface area contributed by atoms with Gasteiger partial charge in [-0.05, 0) is 36.0 Å². The second-order valence-corrected chi connectivity index (χ2v) is 6.93. The van der Waals surface area contributed by atoms with E-state index in [9.17, 15) is 0 Å². The molecule has 0 saturated carbocycles. The molecular weight excluding hydrogens is 192 g/mol. The van der Waals surface area contributed by atoms with Crippen molar-refractivity contribution in [3.8, 4) is 0 Å². The van der Waals surface area contributed by atoms with Crippen LogP contribution in [0.5, 0.6) is 0 Å². The summed E-state index contributed by atoms with van der Waals surface area (Å²) in [7, 11) is 0. The lowest BCUT2D eigenvalue weighted by Gasteiger charge is -2.38. The van der Waals surface area contributed by atoms with E-state index >= 15 is 0 Å². The van der Waals surface area contributed by atoms with Gasteiger partial charge in [-0.15, -0.1) is 0 Å². The Labute approximate surface area is 104 Å². The Hall–Kier alpha value is 0. The van der Waals surface area contributed by atoms with Crippen LogP contribution >= 0.6 is 0 Å². The highest BCUT2D eigenvalue weighted by Crippen LogP contribution is 2.41. The van der Waals surface area contributed by atoms with Gasteiger partial charge in [-0.25, -0.2) is 0 Å². The predicted molar refractivity (Wildman–Crippen MR) is 75.7 cm³/mol. The summed E-state index contributed by atoms with van der Waals surface area (Å²) < 4.78 is 0. The quantitative estimate of drug-likeness (QED) is 0.451. The Kier molecular flexibility index (Phi) is 7.35. The zero-order valence-electron chi connectivity index (χ0n) is 12.8. The average molecular weight is 226 g/mol. The molecule has 16 heavy (non-hydrogen) atoms. The molecule has 1 unspecified atom stereocenters. The second-order valence-electron chi connectivity index (χ2n) is 6.93. The summed E-state index contributed by atoms with van der Waals surface area (Å²) in [6, 6.07) is 0. The van der Waals surface area contributed by atoms with Crippen molar-refractivity contribution in [3.05, 3.63) is 0 Å². The highest BCUT2D eigenvalue weighted by atomic mass is 14.4. The van der Waals surface area contributed by atoms with Crippen LogP contribution in [0.15, 0.2) is 0 Å². The lowest BCUT2D eigenvalue weighted by Crippen LogP contribution is -2.29. The Bertz CT molecular complexity index is 165.